The molecule has 3 heteroatoms. The Kier molecular flexibility index (Phi) is 6.16. The van der Waals surface area contributed by atoms with Gasteiger partial charge in [0, 0.05) is 24.9 Å². The van der Waals surface area contributed by atoms with Crippen molar-refractivity contribution in [2.45, 2.75) is 40.3 Å². The highest BCUT2D eigenvalue weighted by molar-refractivity contribution is 5.09. The van der Waals surface area contributed by atoms with Gasteiger partial charge in [-0.05, 0) is 31.9 Å². The highest BCUT2D eigenvalue weighted by atomic mass is 16.5. The molecule has 17 heavy (non-hydrogen) atoms. The van der Waals surface area contributed by atoms with Crippen LogP contribution in [0.15, 0.2) is 18.2 Å². The Morgan fingerprint density at radius 3 is 2.71 bits per heavy atom. The van der Waals surface area contributed by atoms with Crippen molar-refractivity contribution >= 4 is 0 Å². The number of nitrogens with zero attached hydrogens (tertiary/aromatic N) is 1. The van der Waals surface area contributed by atoms with E-state index in [0.29, 0.717) is 12.0 Å². The quantitative estimate of drug-likeness (QED) is 0.790. The van der Waals surface area contributed by atoms with Crippen molar-refractivity contribution in [1.82, 2.24) is 10.3 Å². The first-order valence-corrected chi connectivity index (χ1v) is 6.37. The molecule has 0 bridgehead atoms. The summed E-state index contributed by atoms with van der Waals surface area (Å²) in [4.78, 5) is 4.48. The molecule has 3 nitrogen and oxygen atoms in total. The number of hydrogen-bond acceptors (Lipinski definition) is 3. The zero-order chi connectivity index (χ0) is 12.7. The van der Waals surface area contributed by atoms with Gasteiger partial charge in [0.2, 0.25) is 0 Å². The Bertz CT molecular complexity index is 326. The average Bonchev–Trinajstić information content (AvgIpc) is 2.28. The normalized spacial score (nSPS) is 13.0. The van der Waals surface area contributed by atoms with Gasteiger partial charge >= 0.3 is 0 Å². The minimum absolute atomic E-state index is 0.386. The van der Waals surface area contributed by atoms with Crippen molar-refractivity contribution in [3.63, 3.8) is 0 Å². The zero-order valence-corrected chi connectivity index (χ0v) is 11.4. The lowest BCUT2D eigenvalue weighted by Crippen LogP contribution is -2.37. The molecule has 0 saturated carbocycles. The summed E-state index contributed by atoms with van der Waals surface area (Å²) >= 11 is 0. The molecule has 0 saturated heterocycles. The Morgan fingerprint density at radius 2 is 2.12 bits per heavy atom. The number of aryl methyl sites for hydroxylation is 1. The second kappa shape index (κ2) is 7.41. The van der Waals surface area contributed by atoms with Crippen LogP contribution in [0.1, 0.15) is 32.2 Å². The molecule has 0 radical (unpaired) electrons. The van der Waals surface area contributed by atoms with E-state index in [0.717, 1.165) is 31.1 Å². The summed E-state index contributed by atoms with van der Waals surface area (Å²) in [6, 6.07) is 6.51. The predicted molar refractivity (Wildman–Crippen MR) is 70.9 cm³/mol. The van der Waals surface area contributed by atoms with Crippen LogP contribution in [0.3, 0.4) is 0 Å². The summed E-state index contributed by atoms with van der Waals surface area (Å²) in [6.07, 6.45) is 0. The Morgan fingerprint density at radius 1 is 1.35 bits per heavy atom. The zero-order valence-electron chi connectivity index (χ0n) is 11.4. The molecule has 0 amide bonds. The average molecular weight is 236 g/mol. The minimum Gasteiger partial charge on any atom is -0.380 e. The summed E-state index contributed by atoms with van der Waals surface area (Å²) in [5.41, 5.74) is 2.15. The highest BCUT2D eigenvalue weighted by Crippen LogP contribution is 2.04. The van der Waals surface area contributed by atoms with Crippen LogP contribution in [0.5, 0.6) is 0 Å². The van der Waals surface area contributed by atoms with Gasteiger partial charge in [0.1, 0.15) is 0 Å². The molecule has 0 fully saturated rings. The summed E-state index contributed by atoms with van der Waals surface area (Å²) in [5.74, 6) is 0.561. The van der Waals surface area contributed by atoms with Crippen LogP contribution in [0, 0.1) is 12.8 Å². The van der Waals surface area contributed by atoms with Crippen LogP contribution in [-0.2, 0) is 11.3 Å². The topological polar surface area (TPSA) is 34.1 Å². The van der Waals surface area contributed by atoms with Crippen molar-refractivity contribution in [3.8, 4) is 0 Å². The fourth-order valence-electron chi connectivity index (χ4n) is 1.67. The summed E-state index contributed by atoms with van der Waals surface area (Å²) < 4.78 is 5.49. The van der Waals surface area contributed by atoms with E-state index in [1.54, 1.807) is 0 Å². The third-order valence-electron chi connectivity index (χ3n) is 2.80. The van der Waals surface area contributed by atoms with Gasteiger partial charge in [-0.1, -0.05) is 19.9 Å². The number of hydrogen-bond donors (Lipinski definition) is 1. The second-order valence-electron chi connectivity index (χ2n) is 4.66. The number of pyridine rings is 1. The molecule has 1 heterocycles. The van der Waals surface area contributed by atoms with E-state index in [-0.39, 0.29) is 0 Å². The largest absolute Gasteiger partial charge is 0.380 e. The molecular weight excluding hydrogens is 212 g/mol. The maximum Gasteiger partial charge on any atom is 0.0622 e. The van der Waals surface area contributed by atoms with Gasteiger partial charge in [0.05, 0.1) is 12.3 Å². The van der Waals surface area contributed by atoms with E-state index >= 15 is 0 Å². The molecule has 0 aromatic carbocycles. The molecule has 1 rings (SSSR count). The SMILES string of the molecule is CCOCC(NCc1cccc(C)n1)C(C)C. The molecule has 0 aliphatic heterocycles. The molecule has 0 spiro atoms. The summed E-state index contributed by atoms with van der Waals surface area (Å²) in [7, 11) is 0. The Labute approximate surface area is 105 Å². The molecular formula is C14H24N2O. The molecule has 1 aromatic rings. The first-order chi connectivity index (χ1) is 8.13. The van der Waals surface area contributed by atoms with Gasteiger partial charge in [-0.25, -0.2) is 0 Å². The lowest BCUT2D eigenvalue weighted by molar-refractivity contribution is 0.107. The highest BCUT2D eigenvalue weighted by Gasteiger charge is 2.12. The maximum atomic E-state index is 5.49. The van der Waals surface area contributed by atoms with Crippen molar-refractivity contribution in [2.24, 2.45) is 5.92 Å². The fourth-order valence-corrected chi connectivity index (χ4v) is 1.67. The van der Waals surface area contributed by atoms with Crippen LogP contribution < -0.4 is 5.32 Å². The molecule has 1 unspecified atom stereocenters. The van der Waals surface area contributed by atoms with Gasteiger partial charge in [-0.2, -0.15) is 0 Å². The van der Waals surface area contributed by atoms with Gasteiger partial charge in [-0.3, -0.25) is 4.98 Å². The Hall–Kier alpha value is -0.930. The molecule has 1 N–H and O–H groups in total. The molecule has 1 aromatic heterocycles. The third-order valence-corrected chi connectivity index (χ3v) is 2.80. The predicted octanol–water partition coefficient (Wildman–Crippen LogP) is 2.54. The van der Waals surface area contributed by atoms with Crippen LogP contribution in [0.4, 0.5) is 0 Å². The second-order valence-corrected chi connectivity index (χ2v) is 4.66. The first kappa shape index (κ1) is 14.1. The van der Waals surface area contributed by atoms with Crippen LogP contribution in [0.2, 0.25) is 0 Å². The Balaban J connectivity index is 2.45. The lowest BCUT2D eigenvalue weighted by Gasteiger charge is -2.22. The number of rotatable bonds is 7. The summed E-state index contributed by atoms with van der Waals surface area (Å²) in [5, 5.41) is 3.51. The van der Waals surface area contributed by atoms with Crippen LogP contribution >= 0.6 is 0 Å². The van der Waals surface area contributed by atoms with Crippen LogP contribution in [-0.4, -0.2) is 24.2 Å². The van der Waals surface area contributed by atoms with E-state index in [4.69, 9.17) is 4.74 Å². The van der Waals surface area contributed by atoms with E-state index < -0.39 is 0 Å². The summed E-state index contributed by atoms with van der Waals surface area (Å²) in [6.45, 7) is 10.8. The molecule has 0 aliphatic rings. The number of nitrogens with one attached hydrogen (secondary N) is 1. The van der Waals surface area contributed by atoms with E-state index in [1.165, 1.54) is 0 Å². The van der Waals surface area contributed by atoms with Crippen molar-refractivity contribution in [2.75, 3.05) is 13.2 Å². The van der Waals surface area contributed by atoms with E-state index in [1.807, 2.05) is 26.0 Å². The fraction of sp³-hybridized carbons (Fsp3) is 0.643. The van der Waals surface area contributed by atoms with Gasteiger partial charge in [0.25, 0.3) is 0 Å². The monoisotopic (exact) mass is 236 g/mol. The lowest BCUT2D eigenvalue weighted by atomic mass is 10.1. The minimum atomic E-state index is 0.386. The number of ether oxygens (including phenoxy) is 1. The smallest absolute Gasteiger partial charge is 0.0622 e. The van der Waals surface area contributed by atoms with Gasteiger partial charge < -0.3 is 10.1 Å². The molecule has 0 aliphatic carbocycles. The molecule has 1 atom stereocenters. The third kappa shape index (κ3) is 5.29. The van der Waals surface area contributed by atoms with Crippen molar-refractivity contribution < 1.29 is 4.74 Å². The van der Waals surface area contributed by atoms with Crippen molar-refractivity contribution in [3.05, 3.63) is 29.6 Å². The maximum absolute atomic E-state index is 5.49. The van der Waals surface area contributed by atoms with E-state index in [2.05, 4.69) is 30.2 Å². The van der Waals surface area contributed by atoms with Crippen molar-refractivity contribution in [1.29, 1.82) is 0 Å². The standard InChI is InChI=1S/C14H24N2O/c1-5-17-10-14(11(2)3)15-9-13-8-6-7-12(4)16-13/h6-8,11,14-15H,5,9-10H2,1-4H3. The van der Waals surface area contributed by atoms with Crippen LogP contribution in [0.25, 0.3) is 0 Å². The number of aromatic nitrogens is 1. The van der Waals surface area contributed by atoms with E-state index in [9.17, 15) is 0 Å². The molecule has 96 valence electrons. The van der Waals surface area contributed by atoms with Gasteiger partial charge in [-0.15, -0.1) is 0 Å². The first-order valence-electron chi connectivity index (χ1n) is 6.37. The van der Waals surface area contributed by atoms with Gasteiger partial charge in [0.15, 0.2) is 0 Å².